The van der Waals surface area contributed by atoms with E-state index in [0.29, 0.717) is 37.3 Å². The molecule has 1 aliphatic carbocycles. The first kappa shape index (κ1) is 18.1. The molecule has 0 saturated heterocycles. The lowest BCUT2D eigenvalue weighted by molar-refractivity contribution is 0.0702. The third kappa shape index (κ3) is 5.13. The molecule has 1 atom stereocenters. The quantitative estimate of drug-likeness (QED) is 0.834. The molecule has 1 fully saturated rings. The predicted molar refractivity (Wildman–Crippen MR) is 97.2 cm³/mol. The van der Waals surface area contributed by atoms with Crippen LogP contribution in [0.5, 0.6) is 0 Å². The van der Waals surface area contributed by atoms with Gasteiger partial charge in [-0.15, -0.1) is 10.2 Å². The summed E-state index contributed by atoms with van der Waals surface area (Å²) in [5.41, 5.74) is 2.45. The molecule has 5 heteroatoms. The monoisotopic (exact) mass is 343 g/mol. The van der Waals surface area contributed by atoms with Crippen molar-refractivity contribution in [2.45, 2.75) is 71.1 Å². The molecule has 0 amide bonds. The molecular weight excluding hydrogens is 314 g/mol. The average molecular weight is 343 g/mol. The molecule has 1 N–H and O–H groups in total. The minimum atomic E-state index is -0.351. The van der Waals surface area contributed by atoms with E-state index in [2.05, 4.69) is 34.2 Å². The number of aliphatic hydroxyl groups is 1. The number of hydrogen-bond acceptors (Lipinski definition) is 5. The van der Waals surface area contributed by atoms with E-state index in [0.717, 1.165) is 0 Å². The van der Waals surface area contributed by atoms with Gasteiger partial charge in [0.15, 0.2) is 0 Å². The molecule has 2 aromatic rings. The number of benzene rings is 1. The minimum Gasteiger partial charge on any atom is -0.424 e. The van der Waals surface area contributed by atoms with Gasteiger partial charge in [0.1, 0.15) is 0 Å². The summed E-state index contributed by atoms with van der Waals surface area (Å²) < 4.78 is 5.90. The highest BCUT2D eigenvalue weighted by molar-refractivity contribution is 5.27. The van der Waals surface area contributed by atoms with Crippen LogP contribution in [0.1, 0.15) is 61.9 Å². The van der Waals surface area contributed by atoms with Gasteiger partial charge in [0.25, 0.3) is 0 Å². The summed E-state index contributed by atoms with van der Waals surface area (Å²) in [5, 5.41) is 18.3. The Morgan fingerprint density at radius 2 is 1.88 bits per heavy atom. The summed E-state index contributed by atoms with van der Waals surface area (Å²) in [7, 11) is 0. The molecule has 0 bridgehead atoms. The minimum absolute atomic E-state index is 0.351. The summed E-state index contributed by atoms with van der Waals surface area (Å²) in [4.78, 5) is 2.31. The first-order valence-electron chi connectivity index (χ1n) is 9.39. The lowest BCUT2D eigenvalue weighted by Crippen LogP contribution is -2.40. The van der Waals surface area contributed by atoms with E-state index in [1.54, 1.807) is 0 Å². The van der Waals surface area contributed by atoms with Crippen molar-refractivity contribution in [1.29, 1.82) is 0 Å². The highest BCUT2D eigenvalue weighted by atomic mass is 16.4. The molecule has 25 heavy (non-hydrogen) atoms. The van der Waals surface area contributed by atoms with E-state index in [-0.39, 0.29) is 6.10 Å². The standard InChI is InChI=1S/C20H29N3O2/c1-15-8-6-7-9-17(15)12-19-21-22-20(25-19)14-23(13-16(2)24)18-10-4-3-5-11-18/h6-9,16,18,24H,3-5,10-14H2,1-2H3. The Balaban J connectivity index is 1.66. The topological polar surface area (TPSA) is 62.4 Å². The van der Waals surface area contributed by atoms with Crippen LogP contribution in [0.25, 0.3) is 0 Å². The molecule has 0 aliphatic heterocycles. The Bertz CT molecular complexity index is 662. The van der Waals surface area contributed by atoms with Crippen molar-refractivity contribution in [2.75, 3.05) is 6.54 Å². The highest BCUT2D eigenvalue weighted by Gasteiger charge is 2.24. The summed E-state index contributed by atoms with van der Waals surface area (Å²) in [6.45, 7) is 5.21. The van der Waals surface area contributed by atoms with Crippen molar-refractivity contribution in [3.63, 3.8) is 0 Å². The van der Waals surface area contributed by atoms with Gasteiger partial charge in [-0.1, -0.05) is 43.5 Å². The van der Waals surface area contributed by atoms with Crippen molar-refractivity contribution in [1.82, 2.24) is 15.1 Å². The first-order chi connectivity index (χ1) is 12.1. The second-order valence-electron chi connectivity index (χ2n) is 7.26. The molecule has 1 heterocycles. The zero-order valence-corrected chi connectivity index (χ0v) is 15.3. The van der Waals surface area contributed by atoms with Gasteiger partial charge in [-0.25, -0.2) is 0 Å². The Morgan fingerprint density at radius 1 is 1.16 bits per heavy atom. The van der Waals surface area contributed by atoms with Crippen LogP contribution in [0.3, 0.4) is 0 Å². The Morgan fingerprint density at radius 3 is 2.60 bits per heavy atom. The fourth-order valence-corrected chi connectivity index (χ4v) is 3.70. The second-order valence-corrected chi connectivity index (χ2v) is 7.26. The van der Waals surface area contributed by atoms with Crippen LogP contribution < -0.4 is 0 Å². The third-order valence-electron chi connectivity index (χ3n) is 5.04. The summed E-state index contributed by atoms with van der Waals surface area (Å²) in [6, 6.07) is 8.78. The van der Waals surface area contributed by atoms with Gasteiger partial charge >= 0.3 is 0 Å². The van der Waals surface area contributed by atoms with Crippen LogP contribution in [-0.4, -0.2) is 38.9 Å². The van der Waals surface area contributed by atoms with Crippen LogP contribution in [0.2, 0.25) is 0 Å². The van der Waals surface area contributed by atoms with Crippen molar-refractivity contribution in [3.8, 4) is 0 Å². The van der Waals surface area contributed by atoms with Gasteiger partial charge in [0.05, 0.1) is 19.1 Å². The SMILES string of the molecule is Cc1ccccc1Cc1nnc(CN(CC(C)O)C2CCCCC2)o1. The molecule has 0 spiro atoms. The summed E-state index contributed by atoms with van der Waals surface area (Å²) in [6.07, 6.45) is 6.55. The number of hydrogen-bond donors (Lipinski definition) is 1. The first-order valence-corrected chi connectivity index (χ1v) is 9.39. The maximum Gasteiger partial charge on any atom is 0.230 e. The Hall–Kier alpha value is -1.72. The maximum absolute atomic E-state index is 9.85. The molecular formula is C20H29N3O2. The molecule has 1 saturated carbocycles. The van der Waals surface area contributed by atoms with Gasteiger partial charge in [-0.05, 0) is 37.8 Å². The molecule has 136 valence electrons. The van der Waals surface area contributed by atoms with Crippen LogP contribution in [0.4, 0.5) is 0 Å². The van der Waals surface area contributed by atoms with Crippen LogP contribution >= 0.6 is 0 Å². The predicted octanol–water partition coefficient (Wildman–Crippen LogP) is 3.48. The van der Waals surface area contributed by atoms with Gasteiger partial charge in [0, 0.05) is 12.6 Å². The molecule has 5 nitrogen and oxygen atoms in total. The van der Waals surface area contributed by atoms with Crippen molar-refractivity contribution in [3.05, 3.63) is 47.2 Å². The van der Waals surface area contributed by atoms with Gasteiger partial charge in [0.2, 0.25) is 11.8 Å². The fraction of sp³-hybridized carbons (Fsp3) is 0.600. The lowest BCUT2D eigenvalue weighted by atomic mass is 9.94. The number of aryl methyl sites for hydroxylation is 1. The zero-order valence-electron chi connectivity index (χ0n) is 15.3. The van der Waals surface area contributed by atoms with Crippen LogP contribution in [0, 0.1) is 6.92 Å². The number of nitrogens with zero attached hydrogens (tertiary/aromatic N) is 3. The maximum atomic E-state index is 9.85. The Kier molecular flexibility index (Phi) is 6.21. The van der Waals surface area contributed by atoms with Gasteiger partial charge in [-0.2, -0.15) is 0 Å². The van der Waals surface area contributed by atoms with Crippen molar-refractivity contribution < 1.29 is 9.52 Å². The van der Waals surface area contributed by atoms with E-state index in [9.17, 15) is 5.11 Å². The van der Waals surface area contributed by atoms with Crippen LogP contribution in [0.15, 0.2) is 28.7 Å². The van der Waals surface area contributed by atoms with E-state index in [1.165, 1.54) is 43.2 Å². The van der Waals surface area contributed by atoms with Crippen molar-refractivity contribution in [2.24, 2.45) is 0 Å². The average Bonchev–Trinajstić information content (AvgIpc) is 3.04. The van der Waals surface area contributed by atoms with Gasteiger partial charge < -0.3 is 9.52 Å². The van der Waals surface area contributed by atoms with Gasteiger partial charge in [-0.3, -0.25) is 4.90 Å². The molecule has 1 aliphatic rings. The number of aliphatic hydroxyl groups excluding tert-OH is 1. The molecule has 1 aromatic heterocycles. The van der Waals surface area contributed by atoms with Crippen molar-refractivity contribution >= 4 is 0 Å². The normalized spacial score (nSPS) is 17.1. The van der Waals surface area contributed by atoms with E-state index >= 15 is 0 Å². The highest BCUT2D eigenvalue weighted by Crippen LogP contribution is 2.24. The molecule has 0 radical (unpaired) electrons. The van der Waals surface area contributed by atoms with E-state index in [4.69, 9.17) is 4.42 Å². The second kappa shape index (κ2) is 8.59. The lowest BCUT2D eigenvalue weighted by Gasteiger charge is -2.34. The zero-order chi connectivity index (χ0) is 17.6. The number of aromatic nitrogens is 2. The largest absolute Gasteiger partial charge is 0.424 e. The third-order valence-corrected chi connectivity index (χ3v) is 5.04. The van der Waals surface area contributed by atoms with Crippen LogP contribution in [-0.2, 0) is 13.0 Å². The number of rotatable bonds is 7. The van der Waals surface area contributed by atoms with E-state index < -0.39 is 0 Å². The summed E-state index contributed by atoms with van der Waals surface area (Å²) >= 11 is 0. The smallest absolute Gasteiger partial charge is 0.230 e. The molecule has 3 rings (SSSR count). The molecule has 1 unspecified atom stereocenters. The Labute approximate surface area is 150 Å². The fourth-order valence-electron chi connectivity index (χ4n) is 3.70. The molecule has 1 aromatic carbocycles. The van der Waals surface area contributed by atoms with E-state index in [1.807, 2.05) is 19.1 Å². The summed E-state index contributed by atoms with van der Waals surface area (Å²) in [5.74, 6) is 1.31.